The van der Waals surface area contributed by atoms with E-state index in [1.807, 2.05) is 0 Å². The van der Waals surface area contributed by atoms with Crippen LogP contribution < -0.4 is 19.5 Å². The number of anilines is 1. The summed E-state index contributed by atoms with van der Waals surface area (Å²) in [6.45, 7) is 0.653. The maximum Gasteiger partial charge on any atom is 0.229 e. The Labute approximate surface area is 197 Å². The first-order chi connectivity index (χ1) is 16.0. The van der Waals surface area contributed by atoms with Crippen molar-refractivity contribution in [3.8, 4) is 22.6 Å². The maximum absolute atomic E-state index is 11.7. The number of aliphatic hydroxyl groups excluding tert-OH is 3. The van der Waals surface area contributed by atoms with E-state index < -0.39 is 53.2 Å². The summed E-state index contributed by atoms with van der Waals surface area (Å²) in [6.07, 6.45) is -4.32. The van der Waals surface area contributed by atoms with Crippen molar-refractivity contribution < 1.29 is 42.7 Å². The highest BCUT2D eigenvalue weighted by atomic mass is 32.2. The highest BCUT2D eigenvalue weighted by Gasteiger charge is 2.46. The summed E-state index contributed by atoms with van der Waals surface area (Å²) in [5.74, 6) is 0.151. The van der Waals surface area contributed by atoms with E-state index in [1.165, 1.54) is 14.0 Å². The van der Waals surface area contributed by atoms with Gasteiger partial charge in [0.2, 0.25) is 22.2 Å². The largest absolute Gasteiger partial charge is 0.496 e. The number of sulfonamides is 1. The Bertz CT molecular complexity index is 1130. The molecule has 5 unspecified atom stereocenters. The number of rotatable bonds is 8. The number of methoxy groups -OCH3 is 1. The summed E-state index contributed by atoms with van der Waals surface area (Å²) in [6, 6.07) is 10.3. The van der Waals surface area contributed by atoms with E-state index >= 15 is 0 Å². The van der Waals surface area contributed by atoms with Gasteiger partial charge in [0.1, 0.15) is 35.9 Å². The van der Waals surface area contributed by atoms with Crippen LogP contribution in [0.15, 0.2) is 42.5 Å². The predicted molar refractivity (Wildman–Crippen MR) is 123 cm³/mol. The van der Waals surface area contributed by atoms with E-state index in [1.54, 1.807) is 42.5 Å². The zero-order chi connectivity index (χ0) is 25.0. The van der Waals surface area contributed by atoms with Gasteiger partial charge in [0.05, 0.1) is 25.5 Å². The summed E-state index contributed by atoms with van der Waals surface area (Å²) < 4.78 is 42.9. The third-order valence-electron chi connectivity index (χ3n) is 5.16. The van der Waals surface area contributed by atoms with Crippen LogP contribution in [0.5, 0.6) is 11.5 Å². The van der Waals surface area contributed by atoms with Gasteiger partial charge in [-0.1, -0.05) is 18.2 Å². The number of nitrogens with one attached hydrogen (secondary N) is 2. The smallest absolute Gasteiger partial charge is 0.229 e. The number of carbonyl (C=O) groups excluding carboxylic acids is 1. The molecule has 0 aliphatic carbocycles. The van der Waals surface area contributed by atoms with Crippen molar-refractivity contribution in [2.75, 3.05) is 24.7 Å². The van der Waals surface area contributed by atoms with Crippen LogP contribution in [0.3, 0.4) is 0 Å². The molecule has 0 radical (unpaired) electrons. The number of benzene rings is 2. The Hall–Kier alpha value is -2.90. The zero-order valence-corrected chi connectivity index (χ0v) is 19.7. The average molecular weight is 497 g/mol. The van der Waals surface area contributed by atoms with Gasteiger partial charge in [-0.25, -0.2) is 8.42 Å². The van der Waals surface area contributed by atoms with Crippen LogP contribution in [0.2, 0.25) is 0 Å². The van der Waals surface area contributed by atoms with Crippen molar-refractivity contribution in [2.24, 2.45) is 0 Å². The molecule has 0 aromatic heterocycles. The van der Waals surface area contributed by atoms with Gasteiger partial charge in [-0.05, 0) is 29.8 Å². The highest BCUT2D eigenvalue weighted by molar-refractivity contribution is 7.92. The van der Waals surface area contributed by atoms with Crippen molar-refractivity contribution in [1.29, 1.82) is 0 Å². The van der Waals surface area contributed by atoms with Crippen molar-refractivity contribution in [3.63, 3.8) is 0 Å². The van der Waals surface area contributed by atoms with E-state index in [2.05, 4.69) is 10.0 Å². The summed E-state index contributed by atoms with van der Waals surface area (Å²) in [4.78, 5) is 11.7. The Morgan fingerprint density at radius 1 is 1.12 bits per heavy atom. The van der Waals surface area contributed by atoms with Crippen LogP contribution in [0, 0.1) is 0 Å². The second-order valence-corrected chi connectivity index (χ2v) is 9.59. The molecule has 2 aromatic rings. The molecule has 34 heavy (non-hydrogen) atoms. The monoisotopic (exact) mass is 496 g/mol. The van der Waals surface area contributed by atoms with Crippen LogP contribution in [-0.4, -0.2) is 80.3 Å². The topological polar surface area (TPSA) is 164 Å². The molecule has 186 valence electrons. The third-order valence-corrected chi connectivity index (χ3v) is 5.76. The first-order valence-corrected chi connectivity index (χ1v) is 12.2. The average Bonchev–Trinajstić information content (AvgIpc) is 2.77. The molecule has 1 saturated heterocycles. The molecular formula is C22H28N2O9S. The number of ether oxygens (including phenoxy) is 3. The number of carbonyl (C=O) groups is 1. The fourth-order valence-corrected chi connectivity index (χ4v) is 4.27. The Balaban J connectivity index is 2.04. The fourth-order valence-electron chi connectivity index (χ4n) is 3.71. The molecule has 0 spiro atoms. The van der Waals surface area contributed by atoms with Crippen LogP contribution in [0.1, 0.15) is 6.92 Å². The van der Waals surface area contributed by atoms with Crippen LogP contribution >= 0.6 is 0 Å². The van der Waals surface area contributed by atoms with Crippen LogP contribution in [-0.2, 0) is 19.6 Å². The van der Waals surface area contributed by atoms with E-state index in [9.17, 15) is 28.5 Å². The normalized spacial score (nSPS) is 24.8. The quantitative estimate of drug-likeness (QED) is 0.340. The second kappa shape index (κ2) is 10.6. The fraction of sp³-hybridized carbons (Fsp3) is 0.409. The van der Waals surface area contributed by atoms with Gasteiger partial charge in [0.25, 0.3) is 0 Å². The van der Waals surface area contributed by atoms with Gasteiger partial charge in [-0.3, -0.25) is 9.52 Å². The number of hydrogen-bond donors (Lipinski definition) is 5. The zero-order valence-electron chi connectivity index (χ0n) is 18.8. The molecule has 1 amide bonds. The third kappa shape index (κ3) is 5.96. The predicted octanol–water partition coefficient (Wildman–Crippen LogP) is 0.0562. The number of hydrogen-bond acceptors (Lipinski definition) is 9. The minimum Gasteiger partial charge on any atom is -0.496 e. The molecule has 5 atom stereocenters. The Morgan fingerprint density at radius 2 is 1.79 bits per heavy atom. The van der Waals surface area contributed by atoms with Gasteiger partial charge in [-0.2, -0.15) is 0 Å². The molecule has 1 aliphatic heterocycles. The second-order valence-electron chi connectivity index (χ2n) is 7.84. The summed E-state index contributed by atoms with van der Waals surface area (Å²) in [7, 11) is -2.05. The molecule has 1 fully saturated rings. The van der Waals surface area contributed by atoms with Gasteiger partial charge < -0.3 is 34.8 Å². The molecule has 5 N–H and O–H groups in total. The van der Waals surface area contributed by atoms with Crippen LogP contribution in [0.25, 0.3) is 11.1 Å². The molecule has 3 rings (SSSR count). The van der Waals surface area contributed by atoms with E-state index in [0.717, 1.165) is 6.26 Å². The van der Waals surface area contributed by atoms with Crippen molar-refractivity contribution in [2.45, 2.75) is 37.6 Å². The van der Waals surface area contributed by atoms with Crippen LogP contribution in [0.4, 0.5) is 5.69 Å². The molecule has 0 bridgehead atoms. The minimum absolute atomic E-state index is 0.233. The standard InChI is InChI=1S/C22H28N2O9S/c1-12(26)23-19-21(28)20(27)17(11-25)33-22(19)32-16-9-5-8-15(31-2)18(16)13-6-4-7-14(10-13)24-34(3,29)30/h4-10,17,19-22,24-25,27-28H,11H2,1-3H3,(H,23,26). The van der Waals surface area contributed by atoms with E-state index in [4.69, 9.17) is 14.2 Å². The maximum atomic E-state index is 11.7. The highest BCUT2D eigenvalue weighted by Crippen LogP contribution is 2.40. The number of amides is 1. The van der Waals surface area contributed by atoms with Gasteiger partial charge in [-0.15, -0.1) is 0 Å². The van der Waals surface area contributed by atoms with Crippen molar-refractivity contribution in [3.05, 3.63) is 42.5 Å². The lowest BCUT2D eigenvalue weighted by molar-refractivity contribution is -0.244. The molecule has 1 aliphatic rings. The molecule has 0 saturated carbocycles. The molecule has 11 nitrogen and oxygen atoms in total. The van der Waals surface area contributed by atoms with Gasteiger partial charge in [0, 0.05) is 12.6 Å². The molecule has 12 heteroatoms. The lowest BCUT2D eigenvalue weighted by Crippen LogP contribution is -2.65. The van der Waals surface area contributed by atoms with Crippen molar-refractivity contribution in [1.82, 2.24) is 5.32 Å². The van der Waals surface area contributed by atoms with Gasteiger partial charge >= 0.3 is 0 Å². The van der Waals surface area contributed by atoms with E-state index in [0.29, 0.717) is 22.6 Å². The molecule has 1 heterocycles. The Kier molecular flexibility index (Phi) is 8.00. The first kappa shape index (κ1) is 25.7. The Morgan fingerprint density at radius 3 is 2.41 bits per heavy atom. The summed E-state index contributed by atoms with van der Waals surface area (Å²) >= 11 is 0. The SMILES string of the molecule is COc1cccc(OC2OC(CO)C(O)C(O)C2NC(C)=O)c1-c1cccc(NS(C)(=O)=O)c1. The lowest BCUT2D eigenvalue weighted by Gasteiger charge is -2.42. The first-order valence-electron chi connectivity index (χ1n) is 10.4. The summed E-state index contributed by atoms with van der Waals surface area (Å²) in [5, 5.41) is 32.8. The minimum atomic E-state index is -3.51. The number of aliphatic hydroxyl groups is 3. The lowest BCUT2D eigenvalue weighted by atomic mass is 9.96. The van der Waals surface area contributed by atoms with Gasteiger partial charge in [0.15, 0.2) is 0 Å². The molecular weight excluding hydrogens is 468 g/mol. The van der Waals surface area contributed by atoms with E-state index in [-0.39, 0.29) is 5.75 Å². The van der Waals surface area contributed by atoms with Crippen molar-refractivity contribution >= 4 is 21.6 Å². The molecule has 2 aromatic carbocycles. The summed E-state index contributed by atoms with van der Waals surface area (Å²) in [5.41, 5.74) is 1.32.